The fourth-order valence-electron chi connectivity index (χ4n) is 2.03. The van der Waals surface area contributed by atoms with Gasteiger partial charge in [0.1, 0.15) is 6.10 Å². The first-order valence-corrected chi connectivity index (χ1v) is 6.98. The molecule has 0 saturated heterocycles. The molecule has 1 aromatic rings. The molecule has 0 spiro atoms. The van der Waals surface area contributed by atoms with Gasteiger partial charge in [0.25, 0.3) is 0 Å². The summed E-state index contributed by atoms with van der Waals surface area (Å²) in [7, 11) is 0. The molecule has 0 amide bonds. The van der Waals surface area contributed by atoms with Crippen molar-refractivity contribution in [2.75, 3.05) is 6.61 Å². The van der Waals surface area contributed by atoms with E-state index in [-0.39, 0.29) is 11.9 Å². The molecule has 0 N–H and O–H groups in total. The van der Waals surface area contributed by atoms with E-state index in [1.807, 2.05) is 37.3 Å². The topological polar surface area (TPSA) is 26.3 Å². The van der Waals surface area contributed by atoms with Gasteiger partial charge in [-0.2, -0.15) is 0 Å². The summed E-state index contributed by atoms with van der Waals surface area (Å²) in [6, 6.07) is 9.78. The Balaban J connectivity index is 2.53. The minimum atomic E-state index is -0.377. The van der Waals surface area contributed by atoms with Crippen molar-refractivity contribution in [2.24, 2.45) is 0 Å². The Morgan fingerprint density at radius 1 is 1.11 bits per heavy atom. The third-order valence-corrected chi connectivity index (χ3v) is 3.00. The van der Waals surface area contributed by atoms with Gasteiger partial charge < -0.3 is 4.74 Å². The lowest BCUT2D eigenvalue weighted by Gasteiger charge is -2.16. The van der Waals surface area contributed by atoms with Gasteiger partial charge in [0, 0.05) is 13.0 Å². The maximum absolute atomic E-state index is 12.2. The summed E-state index contributed by atoms with van der Waals surface area (Å²) in [6.07, 6.45) is 4.76. The number of hydrogen-bond acceptors (Lipinski definition) is 2. The number of ether oxygens (including phenoxy) is 1. The zero-order valence-corrected chi connectivity index (χ0v) is 11.5. The Kier molecular flexibility index (Phi) is 7.35. The van der Waals surface area contributed by atoms with Crippen molar-refractivity contribution in [3.05, 3.63) is 35.9 Å². The first kappa shape index (κ1) is 14.9. The van der Waals surface area contributed by atoms with Crippen LogP contribution in [0.25, 0.3) is 0 Å². The van der Waals surface area contributed by atoms with Crippen LogP contribution in [0.3, 0.4) is 0 Å². The summed E-state index contributed by atoms with van der Waals surface area (Å²) in [5.74, 6) is 0.208. The van der Waals surface area contributed by atoms with Gasteiger partial charge in [0.15, 0.2) is 5.78 Å². The molecule has 0 aliphatic rings. The largest absolute Gasteiger partial charge is 0.366 e. The highest BCUT2D eigenvalue weighted by Gasteiger charge is 2.19. The van der Waals surface area contributed by atoms with Crippen LogP contribution in [0.1, 0.15) is 57.6 Å². The van der Waals surface area contributed by atoms with Crippen LogP contribution >= 0.6 is 0 Å². The van der Waals surface area contributed by atoms with Gasteiger partial charge >= 0.3 is 0 Å². The van der Waals surface area contributed by atoms with Crippen LogP contribution in [0.4, 0.5) is 0 Å². The van der Waals surface area contributed by atoms with Gasteiger partial charge in [0.05, 0.1) is 0 Å². The van der Waals surface area contributed by atoms with Gasteiger partial charge in [-0.1, -0.05) is 56.5 Å². The molecule has 0 radical (unpaired) electrons. The Morgan fingerprint density at radius 3 is 2.44 bits per heavy atom. The lowest BCUT2D eigenvalue weighted by molar-refractivity contribution is -0.130. The van der Waals surface area contributed by atoms with Gasteiger partial charge in [-0.05, 0) is 18.9 Å². The number of ketones is 1. The lowest BCUT2D eigenvalue weighted by atomic mass is 10.0. The summed E-state index contributed by atoms with van der Waals surface area (Å²) in [5.41, 5.74) is 0.972. The monoisotopic (exact) mass is 248 g/mol. The third kappa shape index (κ3) is 5.01. The Bertz CT molecular complexity index is 332. The van der Waals surface area contributed by atoms with Crippen molar-refractivity contribution in [2.45, 2.75) is 52.1 Å². The molecule has 0 aromatic heterocycles. The second-order valence-corrected chi connectivity index (χ2v) is 4.52. The van der Waals surface area contributed by atoms with Crippen molar-refractivity contribution >= 4 is 5.78 Å². The van der Waals surface area contributed by atoms with E-state index in [4.69, 9.17) is 4.74 Å². The van der Waals surface area contributed by atoms with E-state index in [0.717, 1.165) is 18.4 Å². The summed E-state index contributed by atoms with van der Waals surface area (Å²) >= 11 is 0. The smallest absolute Gasteiger partial charge is 0.166 e. The van der Waals surface area contributed by atoms with E-state index in [0.29, 0.717) is 13.0 Å². The zero-order valence-electron chi connectivity index (χ0n) is 11.5. The summed E-state index contributed by atoms with van der Waals surface area (Å²) < 4.78 is 5.60. The Hall–Kier alpha value is -1.15. The fourth-order valence-corrected chi connectivity index (χ4v) is 2.03. The average molecular weight is 248 g/mol. The molecular weight excluding hydrogens is 224 g/mol. The highest BCUT2D eigenvalue weighted by molar-refractivity contribution is 5.84. The quantitative estimate of drug-likeness (QED) is 0.609. The lowest BCUT2D eigenvalue weighted by Crippen LogP contribution is -2.16. The van der Waals surface area contributed by atoms with Crippen LogP contribution < -0.4 is 0 Å². The first-order valence-electron chi connectivity index (χ1n) is 6.98. The number of carbonyl (C=O) groups excluding carboxylic acids is 1. The summed E-state index contributed by atoms with van der Waals surface area (Å²) in [4.78, 5) is 12.2. The molecule has 0 bridgehead atoms. The second kappa shape index (κ2) is 8.87. The molecule has 2 nitrogen and oxygen atoms in total. The van der Waals surface area contributed by atoms with Crippen molar-refractivity contribution < 1.29 is 9.53 Å². The minimum absolute atomic E-state index is 0.208. The molecule has 1 unspecified atom stereocenters. The molecule has 0 aliphatic heterocycles. The number of rotatable bonds is 9. The molecule has 2 heteroatoms. The predicted octanol–water partition coefficient (Wildman–Crippen LogP) is 4.30. The Labute approximate surface area is 110 Å². The molecule has 18 heavy (non-hydrogen) atoms. The molecular formula is C16H24O2. The van der Waals surface area contributed by atoms with Crippen molar-refractivity contribution in [1.82, 2.24) is 0 Å². The first-order chi connectivity index (χ1) is 8.79. The van der Waals surface area contributed by atoms with Crippen molar-refractivity contribution in [3.8, 4) is 0 Å². The van der Waals surface area contributed by atoms with Crippen molar-refractivity contribution in [3.63, 3.8) is 0 Å². The molecule has 0 saturated carbocycles. The maximum atomic E-state index is 12.2. The molecule has 0 fully saturated rings. The van der Waals surface area contributed by atoms with Gasteiger partial charge in [-0.3, -0.25) is 4.79 Å². The number of Topliss-reactive ketones (excluding diaryl/α,β-unsaturated/α-hetero) is 1. The van der Waals surface area contributed by atoms with E-state index in [2.05, 4.69) is 6.92 Å². The van der Waals surface area contributed by atoms with Gasteiger partial charge in [-0.25, -0.2) is 0 Å². The van der Waals surface area contributed by atoms with E-state index in [1.54, 1.807) is 0 Å². The second-order valence-electron chi connectivity index (χ2n) is 4.52. The van der Waals surface area contributed by atoms with Crippen LogP contribution in [0.5, 0.6) is 0 Å². The maximum Gasteiger partial charge on any atom is 0.166 e. The van der Waals surface area contributed by atoms with Crippen LogP contribution in [0, 0.1) is 0 Å². The SMILES string of the molecule is CCCCCCC(=O)C(OCC)c1ccccc1. The molecule has 0 aliphatic carbocycles. The Morgan fingerprint density at radius 2 is 1.83 bits per heavy atom. The van der Waals surface area contributed by atoms with Crippen molar-refractivity contribution in [1.29, 1.82) is 0 Å². The standard InChI is InChI=1S/C16H24O2/c1-3-5-6-10-13-15(17)16(18-4-2)14-11-8-7-9-12-14/h7-9,11-12,16H,3-6,10,13H2,1-2H3. The zero-order chi connectivity index (χ0) is 13.2. The summed E-state index contributed by atoms with van der Waals surface area (Å²) in [5, 5.41) is 0. The van der Waals surface area contributed by atoms with Gasteiger partial charge in [-0.15, -0.1) is 0 Å². The predicted molar refractivity (Wildman–Crippen MR) is 74.6 cm³/mol. The number of unbranched alkanes of at least 4 members (excludes halogenated alkanes) is 3. The molecule has 1 rings (SSSR count). The molecule has 1 atom stereocenters. The van der Waals surface area contributed by atoms with E-state index >= 15 is 0 Å². The molecule has 0 heterocycles. The number of benzene rings is 1. The summed E-state index contributed by atoms with van der Waals surface area (Å²) in [6.45, 7) is 4.68. The molecule has 100 valence electrons. The third-order valence-electron chi connectivity index (χ3n) is 3.00. The van der Waals surface area contributed by atoms with Crippen LogP contribution in [0.2, 0.25) is 0 Å². The van der Waals surface area contributed by atoms with Crippen LogP contribution in [0.15, 0.2) is 30.3 Å². The van der Waals surface area contributed by atoms with E-state index < -0.39 is 0 Å². The average Bonchev–Trinajstić information content (AvgIpc) is 2.41. The normalized spacial score (nSPS) is 12.3. The number of carbonyl (C=O) groups is 1. The highest BCUT2D eigenvalue weighted by Crippen LogP contribution is 2.21. The minimum Gasteiger partial charge on any atom is -0.366 e. The number of hydrogen-bond donors (Lipinski definition) is 0. The van der Waals surface area contributed by atoms with Crippen LogP contribution in [-0.4, -0.2) is 12.4 Å². The van der Waals surface area contributed by atoms with E-state index in [1.165, 1.54) is 12.8 Å². The van der Waals surface area contributed by atoms with Crippen LogP contribution in [-0.2, 0) is 9.53 Å². The highest BCUT2D eigenvalue weighted by atomic mass is 16.5. The van der Waals surface area contributed by atoms with E-state index in [9.17, 15) is 4.79 Å². The van der Waals surface area contributed by atoms with Gasteiger partial charge in [0.2, 0.25) is 0 Å². The fraction of sp³-hybridized carbons (Fsp3) is 0.562. The molecule has 1 aromatic carbocycles.